The van der Waals surface area contributed by atoms with Crippen LogP contribution in [0.25, 0.3) is 0 Å². The van der Waals surface area contributed by atoms with Gasteiger partial charge in [-0.2, -0.15) is 0 Å². The molecule has 0 saturated heterocycles. The lowest BCUT2D eigenvalue weighted by Crippen LogP contribution is -2.66. The fraction of sp³-hybridized carbons (Fsp3) is 0.423. The van der Waals surface area contributed by atoms with Crippen molar-refractivity contribution in [1.82, 2.24) is 5.32 Å². The summed E-state index contributed by atoms with van der Waals surface area (Å²) in [6.07, 6.45) is -2.78. The van der Waals surface area contributed by atoms with Crippen LogP contribution in [0.15, 0.2) is 149 Å². The third kappa shape index (κ3) is 9.90. The molecule has 0 unspecified atom stereocenters. The van der Waals surface area contributed by atoms with Gasteiger partial charge in [0.1, 0.15) is 23.4 Å². The predicted octanol–water partition coefficient (Wildman–Crippen LogP) is 8.21. The van der Waals surface area contributed by atoms with Gasteiger partial charge in [0.2, 0.25) is 0 Å². The largest absolute Gasteiger partial charge is 0.456 e. The van der Waals surface area contributed by atoms with Gasteiger partial charge in [-0.05, 0) is 78.7 Å². The van der Waals surface area contributed by atoms with E-state index in [0.717, 1.165) is 32.7 Å². The molecule has 0 aliphatic heterocycles. The lowest BCUT2D eigenvalue weighted by Gasteiger charge is -2.59. The van der Waals surface area contributed by atoms with Crippen molar-refractivity contribution in [2.45, 2.75) is 125 Å². The lowest BCUT2D eigenvalue weighted by atomic mass is 9.54. The molecule has 2 bridgehead atoms. The van der Waals surface area contributed by atoms with E-state index in [1.165, 1.54) is 6.92 Å². The first-order valence-corrected chi connectivity index (χ1v) is 22.8. The molecule has 8 atom stereocenters. The van der Waals surface area contributed by atoms with Gasteiger partial charge in [-0.25, -0.2) is 4.79 Å². The van der Waals surface area contributed by atoms with E-state index >= 15 is 0 Å². The van der Waals surface area contributed by atoms with Crippen molar-refractivity contribution in [3.8, 4) is 0 Å². The highest BCUT2D eigenvalue weighted by Gasteiger charge is 2.64. The monoisotopic (exact) mass is 875 g/mol. The molecule has 3 aliphatic carbocycles. The Balaban J connectivity index is 1.39. The van der Waals surface area contributed by atoms with Crippen LogP contribution in [0, 0.1) is 5.41 Å². The van der Waals surface area contributed by atoms with Gasteiger partial charge < -0.3 is 39.6 Å². The number of ether oxygens (including phenoxy) is 4. The number of carbonyl (C=O) groups excluding carboxylic acids is 2. The van der Waals surface area contributed by atoms with Crippen molar-refractivity contribution in [3.05, 3.63) is 160 Å². The van der Waals surface area contributed by atoms with E-state index in [2.05, 4.69) is 5.32 Å². The first-order chi connectivity index (χ1) is 30.3. The average Bonchev–Trinajstić information content (AvgIpc) is 3.27. The van der Waals surface area contributed by atoms with Crippen molar-refractivity contribution in [3.63, 3.8) is 0 Å². The van der Waals surface area contributed by atoms with E-state index in [1.807, 2.05) is 149 Å². The van der Waals surface area contributed by atoms with Gasteiger partial charge in [0.15, 0.2) is 6.10 Å². The smallest absolute Gasteiger partial charge is 0.337 e. The molecule has 11 heteroatoms. The van der Waals surface area contributed by atoms with Crippen LogP contribution in [0.2, 0.25) is 0 Å². The molecule has 4 N–H and O–H groups in total. The third-order valence-corrected chi connectivity index (χ3v) is 14.4. The molecule has 0 spiro atoms. The molecule has 0 saturated carbocycles. The Labute approximate surface area is 375 Å². The van der Waals surface area contributed by atoms with Crippen molar-refractivity contribution < 1.29 is 43.9 Å². The molecule has 0 radical (unpaired) electrons. The Morgan fingerprint density at radius 1 is 0.841 bits per heavy atom. The summed E-state index contributed by atoms with van der Waals surface area (Å²) in [5.41, 5.74) is 1.51. The Bertz CT molecular complexity index is 2230. The summed E-state index contributed by atoms with van der Waals surface area (Å²) in [5, 5.41) is 39.1. The molecule has 7 rings (SSSR count). The quantitative estimate of drug-likeness (QED) is 0.0639. The molecule has 10 nitrogen and oxygen atoms in total. The van der Waals surface area contributed by atoms with Gasteiger partial charge >= 0.3 is 11.9 Å². The number of thioether (sulfide) groups is 1. The molecular weight excluding hydrogens is 815 g/mol. The molecular formula is C52H61NO9S. The zero-order chi connectivity index (χ0) is 44.8. The van der Waals surface area contributed by atoms with Crippen molar-refractivity contribution in [2.75, 3.05) is 13.2 Å². The normalized spacial score (nSPS) is 26.5. The first-order valence-electron chi connectivity index (χ1n) is 21.9. The maximum atomic E-state index is 14.6. The fourth-order valence-electron chi connectivity index (χ4n) is 10.0. The number of aliphatic hydroxyl groups is 3. The second kappa shape index (κ2) is 20.1. The second-order valence-corrected chi connectivity index (χ2v) is 18.9. The van der Waals surface area contributed by atoms with Gasteiger partial charge in [-0.1, -0.05) is 123 Å². The van der Waals surface area contributed by atoms with Crippen LogP contribution in [-0.4, -0.2) is 81.3 Å². The number of benzene rings is 4. The molecule has 0 heterocycles. The summed E-state index contributed by atoms with van der Waals surface area (Å²) in [5.74, 6) is -1.32. The number of rotatable bonds is 16. The van der Waals surface area contributed by atoms with Gasteiger partial charge in [-0.15, -0.1) is 11.8 Å². The molecule has 4 aromatic rings. The average molecular weight is 876 g/mol. The van der Waals surface area contributed by atoms with Crippen LogP contribution in [0.5, 0.6) is 0 Å². The Hall–Kier alpha value is -4.59. The van der Waals surface area contributed by atoms with Gasteiger partial charge in [-0.3, -0.25) is 4.79 Å². The van der Waals surface area contributed by atoms with E-state index < -0.39 is 64.3 Å². The summed E-state index contributed by atoms with van der Waals surface area (Å²) in [4.78, 5) is 28.6. The highest BCUT2D eigenvalue weighted by molar-refractivity contribution is 8.00. The minimum Gasteiger partial charge on any atom is -0.456 e. The topological polar surface area (TPSA) is 144 Å². The van der Waals surface area contributed by atoms with Crippen molar-refractivity contribution >= 4 is 23.7 Å². The number of nitrogens with one attached hydrogen (secondary N) is 1. The summed E-state index contributed by atoms with van der Waals surface area (Å²) in [7, 11) is 0. The maximum Gasteiger partial charge on any atom is 0.337 e. The highest BCUT2D eigenvalue weighted by Crippen LogP contribution is 2.60. The van der Waals surface area contributed by atoms with Crippen molar-refractivity contribution in [1.29, 1.82) is 0 Å². The number of hydrogen-bond acceptors (Lipinski definition) is 11. The third-order valence-electron chi connectivity index (χ3n) is 13.1. The number of carbonyl (C=O) groups is 2. The summed E-state index contributed by atoms with van der Waals surface area (Å²) >= 11 is 1.58. The van der Waals surface area contributed by atoms with E-state index in [1.54, 1.807) is 11.8 Å². The Kier molecular flexibility index (Phi) is 14.8. The molecule has 63 heavy (non-hydrogen) atoms. The van der Waals surface area contributed by atoms with Crippen LogP contribution >= 0.6 is 11.8 Å². The van der Waals surface area contributed by atoms with Crippen LogP contribution in [0.3, 0.4) is 0 Å². The SMILES string of the molecule is CC(=O)O[C@@]1(C)CCCC2=C1[C@H](OCc1ccccc1)[C@]1(O)C[C@H](OC(=O)[C@H](O)[C@@H](NCc3ccccc3)c3ccccc3)C(C)=C([C@@H](Sc3ccccc3)[C@@H]2OCCO)C1(C)C. The molecule has 0 amide bonds. The van der Waals surface area contributed by atoms with Gasteiger partial charge in [0, 0.05) is 35.8 Å². The second-order valence-electron chi connectivity index (χ2n) is 17.6. The number of aliphatic hydroxyl groups excluding tert-OH is 2. The molecule has 0 fully saturated rings. The summed E-state index contributed by atoms with van der Waals surface area (Å²) < 4.78 is 26.7. The van der Waals surface area contributed by atoms with Crippen LogP contribution in [0.4, 0.5) is 0 Å². The maximum absolute atomic E-state index is 14.6. The zero-order valence-corrected chi connectivity index (χ0v) is 37.7. The van der Waals surface area contributed by atoms with E-state index in [-0.39, 0.29) is 26.2 Å². The fourth-order valence-corrected chi connectivity index (χ4v) is 11.6. The molecule has 0 aromatic heterocycles. The van der Waals surface area contributed by atoms with E-state index in [9.17, 15) is 24.9 Å². The van der Waals surface area contributed by atoms with Crippen LogP contribution in [-0.2, 0) is 41.7 Å². The molecule has 3 aliphatic rings. The predicted molar refractivity (Wildman–Crippen MR) is 243 cm³/mol. The molecule has 334 valence electrons. The minimum absolute atomic E-state index is 0.0194. The van der Waals surface area contributed by atoms with Crippen molar-refractivity contribution in [2.24, 2.45) is 5.41 Å². The zero-order valence-electron chi connectivity index (χ0n) is 36.9. The van der Waals surface area contributed by atoms with E-state index in [0.29, 0.717) is 36.9 Å². The Morgan fingerprint density at radius 2 is 1.44 bits per heavy atom. The van der Waals surface area contributed by atoms with Crippen LogP contribution in [0.1, 0.15) is 83.0 Å². The number of hydrogen-bond donors (Lipinski definition) is 4. The van der Waals surface area contributed by atoms with Crippen LogP contribution < -0.4 is 5.32 Å². The lowest BCUT2D eigenvalue weighted by molar-refractivity contribution is -0.195. The minimum atomic E-state index is -1.78. The number of fused-ring (bicyclic) bond motifs is 2. The molecule has 4 aromatic carbocycles. The van der Waals surface area contributed by atoms with E-state index in [4.69, 9.17) is 18.9 Å². The summed E-state index contributed by atoms with van der Waals surface area (Å²) in [6, 6.07) is 37.9. The first kappa shape index (κ1) is 46.4. The highest BCUT2D eigenvalue weighted by atomic mass is 32.2. The van der Waals surface area contributed by atoms with Gasteiger partial charge in [0.25, 0.3) is 0 Å². The Morgan fingerprint density at radius 3 is 2.06 bits per heavy atom. The van der Waals surface area contributed by atoms with Gasteiger partial charge in [0.05, 0.1) is 37.2 Å². The summed E-state index contributed by atoms with van der Waals surface area (Å²) in [6.45, 7) is 9.49. The number of esters is 2. The standard InChI is InChI=1S/C52H61NO9S/c1-34-41(61-49(57)45(56)44(38-23-14-8-15-24-38)53-32-36-19-10-6-11-20-36)31-52(58)48(60-33-37-21-12-7-13-22-37)43-40(27-18-28-51(43,5)62-35(2)55)46(59-30-29-54)47(42(34)50(52,3)4)63-39-25-16-9-17-26-39/h6-17,19-26,41,44-48,53-54,56,58H,18,27-33H2,1-5H3/t41-,44-,45+,46+,47+,48-,51-,52+/m0/s1.